The summed E-state index contributed by atoms with van der Waals surface area (Å²) in [6, 6.07) is 14.2. The number of carbonyl (C=O) groups excluding carboxylic acids is 1. The Kier molecular flexibility index (Phi) is 5.06. The van der Waals surface area contributed by atoms with Gasteiger partial charge in [0.2, 0.25) is 0 Å². The van der Waals surface area contributed by atoms with Gasteiger partial charge in [-0.25, -0.2) is 4.39 Å². The minimum atomic E-state index is -0.240. The Morgan fingerprint density at radius 3 is 2.35 bits per heavy atom. The second-order valence-corrected chi connectivity index (χ2v) is 6.17. The molecule has 2 aromatic carbocycles. The predicted octanol–water partition coefficient (Wildman–Crippen LogP) is 4.71. The van der Waals surface area contributed by atoms with Crippen molar-refractivity contribution in [2.24, 2.45) is 5.92 Å². The van der Waals surface area contributed by atoms with Crippen molar-refractivity contribution in [2.45, 2.75) is 38.7 Å². The van der Waals surface area contributed by atoms with E-state index in [-0.39, 0.29) is 11.7 Å². The summed E-state index contributed by atoms with van der Waals surface area (Å²) < 4.78 is 18.6. The second kappa shape index (κ2) is 7.40. The van der Waals surface area contributed by atoms with E-state index in [1.165, 1.54) is 17.7 Å². The number of benzene rings is 2. The Morgan fingerprint density at radius 1 is 0.957 bits per heavy atom. The highest BCUT2D eigenvalue weighted by atomic mass is 19.1. The highest BCUT2D eigenvalue weighted by molar-refractivity contribution is 5.81. The number of halogens is 1. The number of hydrogen-bond donors (Lipinski definition) is 0. The zero-order valence-corrected chi connectivity index (χ0v) is 13.1. The normalized spacial score (nSPS) is 18.0. The van der Waals surface area contributed by atoms with E-state index in [1.807, 2.05) is 24.3 Å². The SMILES string of the molecule is O=C1CCCCC1Cc1ccc(OCc2ccc(F)cc2)cc1. The third-order valence-corrected chi connectivity index (χ3v) is 4.41. The van der Waals surface area contributed by atoms with E-state index < -0.39 is 0 Å². The molecule has 2 aromatic rings. The Balaban J connectivity index is 1.54. The number of ether oxygens (including phenoxy) is 1. The first-order valence-corrected chi connectivity index (χ1v) is 8.19. The maximum atomic E-state index is 12.8. The van der Waals surface area contributed by atoms with Crippen LogP contribution in [0.3, 0.4) is 0 Å². The summed E-state index contributed by atoms with van der Waals surface area (Å²) in [6.45, 7) is 0.417. The second-order valence-electron chi connectivity index (χ2n) is 6.17. The van der Waals surface area contributed by atoms with Crippen molar-refractivity contribution in [1.82, 2.24) is 0 Å². The van der Waals surface area contributed by atoms with Crippen LogP contribution in [0.5, 0.6) is 5.75 Å². The molecule has 0 amide bonds. The first kappa shape index (κ1) is 15.7. The smallest absolute Gasteiger partial charge is 0.136 e. The van der Waals surface area contributed by atoms with Crippen molar-refractivity contribution in [3.8, 4) is 5.75 Å². The van der Waals surface area contributed by atoms with Crippen LogP contribution < -0.4 is 4.74 Å². The monoisotopic (exact) mass is 312 g/mol. The van der Waals surface area contributed by atoms with Gasteiger partial charge in [-0.15, -0.1) is 0 Å². The van der Waals surface area contributed by atoms with Crippen molar-refractivity contribution >= 4 is 5.78 Å². The molecule has 0 N–H and O–H groups in total. The number of rotatable bonds is 5. The molecule has 0 aliphatic heterocycles. The molecule has 0 spiro atoms. The third kappa shape index (κ3) is 4.41. The molecule has 23 heavy (non-hydrogen) atoms. The average molecular weight is 312 g/mol. The fraction of sp³-hybridized carbons (Fsp3) is 0.350. The molecule has 3 rings (SSSR count). The van der Waals surface area contributed by atoms with E-state index in [9.17, 15) is 9.18 Å². The summed E-state index contributed by atoms with van der Waals surface area (Å²) in [5.41, 5.74) is 2.11. The molecule has 120 valence electrons. The van der Waals surface area contributed by atoms with Gasteiger partial charge in [-0.05, 0) is 54.7 Å². The molecule has 1 aliphatic carbocycles. The quantitative estimate of drug-likeness (QED) is 0.799. The van der Waals surface area contributed by atoms with Crippen LogP contribution in [0.1, 0.15) is 36.8 Å². The van der Waals surface area contributed by atoms with Crippen molar-refractivity contribution in [3.05, 3.63) is 65.5 Å². The summed E-state index contributed by atoms with van der Waals surface area (Å²) in [7, 11) is 0. The van der Waals surface area contributed by atoms with Gasteiger partial charge in [0.1, 0.15) is 24.0 Å². The zero-order valence-electron chi connectivity index (χ0n) is 13.1. The molecule has 2 nitrogen and oxygen atoms in total. The molecule has 1 saturated carbocycles. The summed E-state index contributed by atoms with van der Waals surface area (Å²) in [5.74, 6) is 1.14. The fourth-order valence-corrected chi connectivity index (χ4v) is 3.02. The highest BCUT2D eigenvalue weighted by Crippen LogP contribution is 2.25. The van der Waals surface area contributed by atoms with Crippen LogP contribution in [-0.4, -0.2) is 5.78 Å². The van der Waals surface area contributed by atoms with Crippen molar-refractivity contribution in [3.63, 3.8) is 0 Å². The Hall–Kier alpha value is -2.16. The summed E-state index contributed by atoms with van der Waals surface area (Å²) in [5, 5.41) is 0. The average Bonchev–Trinajstić information content (AvgIpc) is 2.58. The van der Waals surface area contributed by atoms with Gasteiger partial charge in [0.25, 0.3) is 0 Å². The first-order chi connectivity index (χ1) is 11.2. The third-order valence-electron chi connectivity index (χ3n) is 4.41. The summed E-state index contributed by atoms with van der Waals surface area (Å²) in [6.07, 6.45) is 4.79. The fourth-order valence-electron chi connectivity index (χ4n) is 3.02. The minimum Gasteiger partial charge on any atom is -0.489 e. The lowest BCUT2D eigenvalue weighted by atomic mass is 9.84. The number of carbonyl (C=O) groups is 1. The van der Waals surface area contributed by atoms with Gasteiger partial charge >= 0.3 is 0 Å². The number of Topliss-reactive ketones (excluding diaryl/α,β-unsaturated/α-hetero) is 1. The molecule has 1 atom stereocenters. The molecule has 0 heterocycles. The maximum Gasteiger partial charge on any atom is 0.136 e. The lowest BCUT2D eigenvalue weighted by Gasteiger charge is -2.20. The van der Waals surface area contributed by atoms with Crippen molar-refractivity contribution in [1.29, 1.82) is 0 Å². The van der Waals surface area contributed by atoms with Gasteiger partial charge in [0.15, 0.2) is 0 Å². The van der Waals surface area contributed by atoms with E-state index >= 15 is 0 Å². The van der Waals surface area contributed by atoms with Crippen molar-refractivity contribution in [2.75, 3.05) is 0 Å². The van der Waals surface area contributed by atoms with E-state index in [0.717, 1.165) is 43.4 Å². The predicted molar refractivity (Wildman–Crippen MR) is 87.8 cm³/mol. The number of ketones is 1. The first-order valence-electron chi connectivity index (χ1n) is 8.19. The molecular weight excluding hydrogens is 291 g/mol. The van der Waals surface area contributed by atoms with Gasteiger partial charge in [-0.3, -0.25) is 4.79 Å². The van der Waals surface area contributed by atoms with E-state index in [1.54, 1.807) is 12.1 Å². The molecular formula is C20H21FO2. The molecule has 0 aromatic heterocycles. The number of hydrogen-bond acceptors (Lipinski definition) is 2. The highest BCUT2D eigenvalue weighted by Gasteiger charge is 2.22. The van der Waals surface area contributed by atoms with Gasteiger partial charge in [-0.2, -0.15) is 0 Å². The molecule has 0 radical (unpaired) electrons. The van der Waals surface area contributed by atoms with Gasteiger partial charge < -0.3 is 4.74 Å². The van der Waals surface area contributed by atoms with Gasteiger partial charge in [0, 0.05) is 12.3 Å². The topological polar surface area (TPSA) is 26.3 Å². The lowest BCUT2D eigenvalue weighted by Crippen LogP contribution is -2.20. The van der Waals surface area contributed by atoms with Crippen LogP contribution >= 0.6 is 0 Å². The van der Waals surface area contributed by atoms with E-state index in [0.29, 0.717) is 12.4 Å². The zero-order chi connectivity index (χ0) is 16.1. The van der Waals surface area contributed by atoms with Crippen LogP contribution in [0.25, 0.3) is 0 Å². The summed E-state index contributed by atoms with van der Waals surface area (Å²) >= 11 is 0. The van der Waals surface area contributed by atoms with Crippen LogP contribution in [0.4, 0.5) is 4.39 Å². The lowest BCUT2D eigenvalue weighted by molar-refractivity contribution is -0.124. The van der Waals surface area contributed by atoms with E-state index in [4.69, 9.17) is 4.74 Å². The van der Waals surface area contributed by atoms with Crippen molar-refractivity contribution < 1.29 is 13.9 Å². The Labute approximate surface area is 136 Å². The summed E-state index contributed by atoms with van der Waals surface area (Å²) in [4.78, 5) is 11.9. The molecule has 3 heteroatoms. The van der Waals surface area contributed by atoms with Crippen LogP contribution in [0.2, 0.25) is 0 Å². The molecule has 1 unspecified atom stereocenters. The Morgan fingerprint density at radius 2 is 1.65 bits per heavy atom. The van der Waals surface area contributed by atoms with Gasteiger partial charge in [0.05, 0.1) is 0 Å². The molecule has 0 saturated heterocycles. The molecule has 0 bridgehead atoms. The van der Waals surface area contributed by atoms with E-state index in [2.05, 4.69) is 0 Å². The maximum absolute atomic E-state index is 12.8. The van der Waals surface area contributed by atoms with Crippen LogP contribution in [0, 0.1) is 11.7 Å². The largest absolute Gasteiger partial charge is 0.489 e. The minimum absolute atomic E-state index is 0.190. The van der Waals surface area contributed by atoms with Crippen LogP contribution in [0.15, 0.2) is 48.5 Å². The van der Waals surface area contributed by atoms with Gasteiger partial charge in [-0.1, -0.05) is 30.7 Å². The van der Waals surface area contributed by atoms with Crippen LogP contribution in [-0.2, 0) is 17.8 Å². The standard InChI is InChI=1S/C20H21FO2/c21-18-9-5-16(6-10-18)14-23-19-11-7-15(8-12-19)13-17-3-1-2-4-20(17)22/h5-12,17H,1-4,13-14H2. The molecule has 1 aliphatic rings. The Bertz CT molecular complexity index is 646. The molecule has 1 fully saturated rings.